The van der Waals surface area contributed by atoms with E-state index in [0.29, 0.717) is 19.3 Å². The zero-order valence-electron chi connectivity index (χ0n) is 55.8. The van der Waals surface area contributed by atoms with Crippen LogP contribution in [0, 0.1) is 51.2 Å². The van der Waals surface area contributed by atoms with Crippen molar-refractivity contribution < 1.29 is 154 Å². The summed E-state index contributed by atoms with van der Waals surface area (Å²) in [5.41, 5.74) is -1.63. The maximum atomic E-state index is 12.1. The lowest BCUT2D eigenvalue weighted by atomic mass is 9.39. The van der Waals surface area contributed by atoms with Gasteiger partial charge in [0.1, 0.15) is 128 Å². The minimum Gasteiger partial charge on any atom is -0.394 e. The SMILES string of the molecule is C[C@H](CC[C@@H](O[C@@H]1O[C@H](CO[C@@H]2OC[C@@H](O)[C@H](O)[C@H]2O)[C@@H](O)[C@H](O)[C@H]1O[C@H]1O[C@@H](CO)[C@H](O)[C@@H](O)[C@@H]1O)C(C)(C)O)C1CC[C@@]2(C)C3CC=C4C(CC[C@H](O[C@@H]5O[C@H](CO[C@@H]6O[C@H](CO)[C@@H](O)[C@H](O)[C@H]6O)[C@@H](O)[C@H](O)[C@H]5C5O[C@@H](CO)[C@H](O)[C@@H](O)[C@@H]5O)C4(C)C)[C@]3(C)CC[C@]12C. The van der Waals surface area contributed by atoms with Gasteiger partial charge < -0.3 is 154 Å². The molecule has 556 valence electrons. The van der Waals surface area contributed by atoms with Crippen LogP contribution in [0.5, 0.6) is 0 Å². The topological polar surface area (TPSA) is 506 Å². The van der Waals surface area contributed by atoms with E-state index in [9.17, 15) is 102 Å². The molecule has 0 amide bonds. The quantitative estimate of drug-likeness (QED) is 0.0476. The summed E-state index contributed by atoms with van der Waals surface area (Å²) in [5, 5.41) is 217. The molecule has 31 heteroatoms. The molecule has 96 heavy (non-hydrogen) atoms. The van der Waals surface area contributed by atoms with Crippen LogP contribution in [0.15, 0.2) is 11.6 Å². The molecule has 0 aromatic carbocycles. The van der Waals surface area contributed by atoms with Crippen LogP contribution in [-0.2, 0) is 52.1 Å². The Kier molecular flexibility index (Phi) is 24.0. The Morgan fingerprint density at radius 1 is 0.510 bits per heavy atom. The van der Waals surface area contributed by atoms with Gasteiger partial charge in [0.25, 0.3) is 0 Å². The third kappa shape index (κ3) is 14.1. The van der Waals surface area contributed by atoms with E-state index in [1.807, 2.05) is 0 Å². The van der Waals surface area contributed by atoms with Crippen molar-refractivity contribution in [1.82, 2.24) is 0 Å². The molecule has 0 radical (unpaired) electrons. The Bertz CT molecular complexity index is 2560. The van der Waals surface area contributed by atoms with Gasteiger partial charge in [0, 0.05) is 5.41 Å². The van der Waals surface area contributed by atoms with Crippen molar-refractivity contribution in [2.24, 2.45) is 51.2 Å². The van der Waals surface area contributed by atoms with Crippen molar-refractivity contribution in [3.63, 3.8) is 0 Å². The summed E-state index contributed by atoms with van der Waals surface area (Å²) < 4.78 is 66.4. The van der Waals surface area contributed by atoms with Gasteiger partial charge in [-0.15, -0.1) is 0 Å². The second-order valence-electron chi connectivity index (χ2n) is 31.1. The Hall–Kier alpha value is -1.50. The lowest BCUT2D eigenvalue weighted by molar-refractivity contribution is -0.379. The number of fused-ring (bicyclic) bond motifs is 5. The summed E-state index contributed by atoms with van der Waals surface area (Å²) in [6.07, 6.45) is -39.8. The van der Waals surface area contributed by atoms with Crippen molar-refractivity contribution in [2.45, 2.75) is 303 Å². The zero-order valence-corrected chi connectivity index (χ0v) is 55.8. The Balaban J connectivity index is 0.844. The number of aliphatic hydroxyl groups is 20. The van der Waals surface area contributed by atoms with E-state index >= 15 is 0 Å². The molecule has 4 unspecified atom stereocenters. The molecule has 20 N–H and O–H groups in total. The number of ether oxygens (including phenoxy) is 11. The summed E-state index contributed by atoms with van der Waals surface area (Å²) >= 11 is 0. The molecule has 0 bridgehead atoms. The predicted molar refractivity (Wildman–Crippen MR) is 324 cm³/mol. The van der Waals surface area contributed by atoms with Crippen molar-refractivity contribution in [3.8, 4) is 0 Å². The number of allylic oxidation sites excluding steroid dienone is 1. The summed E-state index contributed by atoms with van der Waals surface area (Å²) in [7, 11) is 0. The average molecular weight is 1390 g/mol. The van der Waals surface area contributed by atoms with Crippen LogP contribution in [0.1, 0.15) is 113 Å². The Morgan fingerprint density at radius 3 is 1.64 bits per heavy atom. The van der Waals surface area contributed by atoms with Crippen LogP contribution < -0.4 is 0 Å². The molecule has 6 aliphatic heterocycles. The maximum Gasteiger partial charge on any atom is 0.187 e. The molecular formula is C65H110O31. The van der Waals surface area contributed by atoms with Crippen molar-refractivity contribution in [2.75, 3.05) is 39.6 Å². The summed E-state index contributed by atoms with van der Waals surface area (Å²) in [4.78, 5) is 0. The van der Waals surface area contributed by atoms with Crippen molar-refractivity contribution in [1.29, 1.82) is 0 Å². The third-order valence-corrected chi connectivity index (χ3v) is 24.8. The fourth-order valence-corrected chi connectivity index (χ4v) is 18.5. The highest BCUT2D eigenvalue weighted by molar-refractivity contribution is 5.31. The summed E-state index contributed by atoms with van der Waals surface area (Å²) in [6, 6.07) is 0. The van der Waals surface area contributed by atoms with Crippen LogP contribution in [0.3, 0.4) is 0 Å². The highest BCUT2D eigenvalue weighted by Crippen LogP contribution is 2.75. The van der Waals surface area contributed by atoms with Crippen LogP contribution in [0.4, 0.5) is 0 Å². The molecule has 38 atom stereocenters. The van der Waals surface area contributed by atoms with E-state index in [1.54, 1.807) is 13.8 Å². The lowest BCUT2D eigenvalue weighted by Gasteiger charge is -2.66. The second-order valence-corrected chi connectivity index (χ2v) is 31.1. The van der Waals surface area contributed by atoms with Crippen molar-refractivity contribution in [3.05, 3.63) is 11.6 Å². The van der Waals surface area contributed by atoms with E-state index in [2.05, 4.69) is 47.6 Å². The zero-order chi connectivity index (χ0) is 70.4. The molecule has 4 aliphatic carbocycles. The van der Waals surface area contributed by atoms with Gasteiger partial charge in [-0.3, -0.25) is 0 Å². The fourth-order valence-electron chi connectivity index (χ4n) is 18.5. The third-order valence-electron chi connectivity index (χ3n) is 24.8. The van der Waals surface area contributed by atoms with Gasteiger partial charge in [-0.25, -0.2) is 0 Å². The van der Waals surface area contributed by atoms with E-state index in [0.717, 1.165) is 32.1 Å². The molecular weight excluding hydrogens is 1280 g/mol. The Morgan fingerprint density at radius 2 is 1.03 bits per heavy atom. The van der Waals surface area contributed by atoms with Crippen LogP contribution in [-0.4, -0.2) is 331 Å². The summed E-state index contributed by atoms with van der Waals surface area (Å²) in [6.45, 7) is 12.8. The van der Waals surface area contributed by atoms with Gasteiger partial charge >= 0.3 is 0 Å². The lowest BCUT2D eigenvalue weighted by Crippen LogP contribution is -2.68. The first-order chi connectivity index (χ1) is 45.0. The van der Waals surface area contributed by atoms with Gasteiger partial charge in [0.2, 0.25) is 0 Å². The van der Waals surface area contributed by atoms with Crippen LogP contribution in [0.2, 0.25) is 0 Å². The predicted octanol–water partition coefficient (Wildman–Crippen LogP) is -5.64. The molecule has 10 aliphatic rings. The largest absolute Gasteiger partial charge is 0.394 e. The van der Waals surface area contributed by atoms with E-state index in [-0.39, 0.29) is 46.3 Å². The number of aliphatic hydroxyl groups excluding tert-OH is 19. The minimum absolute atomic E-state index is 0.0564. The number of hydrogen-bond acceptors (Lipinski definition) is 31. The molecule has 31 nitrogen and oxygen atoms in total. The van der Waals surface area contributed by atoms with Gasteiger partial charge in [0.15, 0.2) is 31.5 Å². The van der Waals surface area contributed by atoms with Crippen LogP contribution in [0.25, 0.3) is 0 Å². The van der Waals surface area contributed by atoms with Crippen LogP contribution >= 0.6 is 0 Å². The number of hydrogen-bond donors (Lipinski definition) is 20. The van der Waals surface area contributed by atoms with E-state index < -0.39 is 241 Å². The molecule has 0 aromatic rings. The first-order valence-corrected chi connectivity index (χ1v) is 34.2. The van der Waals surface area contributed by atoms with Gasteiger partial charge in [-0.2, -0.15) is 0 Å². The highest BCUT2D eigenvalue weighted by atomic mass is 16.8. The molecule has 9 fully saturated rings. The highest BCUT2D eigenvalue weighted by Gasteiger charge is 2.68. The van der Waals surface area contributed by atoms with Gasteiger partial charge in [-0.05, 0) is 112 Å². The average Bonchev–Trinajstić information content (AvgIpc) is 1.33. The maximum absolute atomic E-state index is 12.1. The normalized spacial score (nSPS) is 52.2. The molecule has 6 heterocycles. The smallest absolute Gasteiger partial charge is 0.187 e. The van der Waals surface area contributed by atoms with E-state index in [4.69, 9.17) is 52.1 Å². The van der Waals surface area contributed by atoms with Gasteiger partial charge in [-0.1, -0.05) is 53.2 Å². The molecule has 10 rings (SSSR count). The number of rotatable bonds is 21. The first kappa shape index (κ1) is 77.1. The molecule has 0 aromatic heterocycles. The molecule has 0 spiro atoms. The first-order valence-electron chi connectivity index (χ1n) is 34.2. The standard InChI is InChI=1S/C65H110O31/c1-25(9-13-37(62(4,5)85)95-60-55(96-59-53(84)48(79)42(73)32(21-68)91-59)49(80)44(75)34(93-60)23-87-57-51(82)39(70)29(69)22-86-57)26-15-16-65(8)35-12-10-27-28(63(35,6)17-18-64(26,65)7)11-14-36(61(27,2)3)94-56-38(54-50(81)46(77)40(71)30(19-66)89-54)45(76)43(74)33(92-56)24-88-58-52(83)47(78)41(72)31(20-67)90-58/h10,25-26,28-60,66-85H,9,11-24H2,1-8H3/t25-,26?,28?,29-,30+,31-,32+,33-,34-,35?,36+,37-,38+,39+,40+,41-,42+,43-,44-,45-,46-,47+,48-,49+,50+,51-,52-,53+,54?,55-,56+,57+,58-,59-,60+,63+,64-,65+/m1/s1. The van der Waals surface area contributed by atoms with E-state index in [1.165, 1.54) is 5.57 Å². The minimum atomic E-state index is -1.93. The fraction of sp³-hybridized carbons (Fsp3) is 0.969. The van der Waals surface area contributed by atoms with Gasteiger partial charge in [0.05, 0.1) is 75.6 Å². The molecule has 3 saturated carbocycles. The second kappa shape index (κ2) is 29.9. The summed E-state index contributed by atoms with van der Waals surface area (Å²) in [5.74, 6) is -0.848. The Labute approximate surface area is 557 Å². The van der Waals surface area contributed by atoms with Crippen molar-refractivity contribution >= 4 is 0 Å². The molecule has 6 saturated heterocycles. The monoisotopic (exact) mass is 1390 g/mol.